The van der Waals surface area contributed by atoms with Gasteiger partial charge in [-0.3, -0.25) is 0 Å². The highest BCUT2D eigenvalue weighted by atomic mass is 16.6. The predicted molar refractivity (Wildman–Crippen MR) is 114 cm³/mol. The molecule has 0 amide bonds. The van der Waals surface area contributed by atoms with Gasteiger partial charge < -0.3 is 28.8 Å². The largest absolute Gasteiger partial charge is 0.394 e. The number of aromatic nitrogens is 3. The molecule has 1 rings (SSSR count). The highest BCUT2D eigenvalue weighted by Gasteiger charge is 2.01. The van der Waals surface area contributed by atoms with Gasteiger partial charge >= 0.3 is 0 Å². The summed E-state index contributed by atoms with van der Waals surface area (Å²) in [4.78, 5) is 0. The Labute approximate surface area is 180 Å². The maximum absolute atomic E-state index is 8.55. The third kappa shape index (κ3) is 16.4. The van der Waals surface area contributed by atoms with Crippen molar-refractivity contribution < 1.29 is 28.8 Å². The molecule has 0 radical (unpaired) electrons. The molecule has 1 heterocycles. The molecule has 0 aliphatic rings. The van der Waals surface area contributed by atoms with Crippen LogP contribution in [0.2, 0.25) is 0 Å². The number of nitrogens with zero attached hydrogens (tertiary/aromatic N) is 3. The van der Waals surface area contributed by atoms with Crippen LogP contribution in [0.3, 0.4) is 0 Å². The van der Waals surface area contributed by atoms with Crippen LogP contribution in [-0.2, 0) is 36.6 Å². The van der Waals surface area contributed by atoms with Gasteiger partial charge in [0.2, 0.25) is 0 Å². The van der Waals surface area contributed by atoms with Crippen molar-refractivity contribution in [1.29, 1.82) is 0 Å². The highest BCUT2D eigenvalue weighted by molar-refractivity contribution is 4.92. The number of rotatable bonds is 23. The Kier molecular flexibility index (Phi) is 18.6. The van der Waals surface area contributed by atoms with Gasteiger partial charge in [-0.2, -0.15) is 0 Å². The van der Waals surface area contributed by atoms with E-state index in [0.717, 1.165) is 25.0 Å². The number of aliphatic hydroxyl groups excluding tert-OH is 1. The van der Waals surface area contributed by atoms with Gasteiger partial charge in [0.25, 0.3) is 0 Å². The number of hydrogen-bond acceptors (Lipinski definition) is 8. The second-order valence-electron chi connectivity index (χ2n) is 6.65. The lowest BCUT2D eigenvalue weighted by atomic mass is 10.1. The molecule has 0 saturated carbocycles. The second kappa shape index (κ2) is 20.9. The molecule has 0 aromatic carbocycles. The van der Waals surface area contributed by atoms with Crippen molar-refractivity contribution in [2.45, 2.75) is 38.6 Å². The van der Waals surface area contributed by atoms with E-state index in [1.807, 2.05) is 17.0 Å². The fraction of sp³-hybridized carbons (Fsp3) is 0.810. The van der Waals surface area contributed by atoms with Crippen LogP contribution in [0.25, 0.3) is 0 Å². The molecular weight excluding hydrogens is 390 g/mol. The molecule has 9 nitrogen and oxygen atoms in total. The van der Waals surface area contributed by atoms with Crippen LogP contribution in [0.4, 0.5) is 0 Å². The molecule has 174 valence electrons. The number of ether oxygens (including phenoxy) is 5. The summed E-state index contributed by atoms with van der Waals surface area (Å²) < 4.78 is 28.6. The van der Waals surface area contributed by atoms with E-state index in [0.29, 0.717) is 72.6 Å². The Balaban J connectivity index is 1.81. The van der Waals surface area contributed by atoms with E-state index in [1.165, 1.54) is 12.8 Å². The number of aliphatic hydroxyl groups is 1. The first-order valence-electron chi connectivity index (χ1n) is 10.9. The van der Waals surface area contributed by atoms with Crippen LogP contribution in [0.5, 0.6) is 0 Å². The Hall–Kier alpha value is -1.36. The number of hydrogen-bond donors (Lipinski definition) is 1. The Bertz CT molecular complexity index is 501. The van der Waals surface area contributed by atoms with Gasteiger partial charge in [-0.05, 0) is 25.7 Å². The van der Waals surface area contributed by atoms with Gasteiger partial charge in [-0.15, -0.1) is 11.7 Å². The van der Waals surface area contributed by atoms with E-state index in [2.05, 4.69) is 16.9 Å². The van der Waals surface area contributed by atoms with E-state index in [9.17, 15) is 0 Å². The van der Waals surface area contributed by atoms with Crippen LogP contribution >= 0.6 is 0 Å². The van der Waals surface area contributed by atoms with Crippen LogP contribution in [0, 0.1) is 0 Å². The summed E-state index contributed by atoms with van der Waals surface area (Å²) in [7, 11) is 0. The van der Waals surface area contributed by atoms with Crippen LogP contribution < -0.4 is 0 Å². The molecule has 0 spiro atoms. The summed E-state index contributed by atoms with van der Waals surface area (Å²) in [5.74, 6) is 0. The van der Waals surface area contributed by atoms with Gasteiger partial charge in [0, 0.05) is 6.20 Å². The first-order valence-corrected chi connectivity index (χ1v) is 10.9. The monoisotopic (exact) mass is 429 g/mol. The zero-order valence-electron chi connectivity index (χ0n) is 18.2. The van der Waals surface area contributed by atoms with E-state index in [1.54, 1.807) is 0 Å². The topological polar surface area (TPSA) is 97.1 Å². The Morgan fingerprint density at radius 1 is 0.800 bits per heavy atom. The van der Waals surface area contributed by atoms with Crippen molar-refractivity contribution in [3.05, 3.63) is 24.5 Å². The van der Waals surface area contributed by atoms with Crippen molar-refractivity contribution in [3.63, 3.8) is 0 Å². The average molecular weight is 430 g/mol. The van der Waals surface area contributed by atoms with Gasteiger partial charge in [0.05, 0.1) is 84.9 Å². The number of allylic oxidation sites excluding steroid dienone is 1. The lowest BCUT2D eigenvalue weighted by Crippen LogP contribution is -2.14. The molecule has 1 N–H and O–H groups in total. The molecule has 0 fully saturated rings. The van der Waals surface area contributed by atoms with Crippen LogP contribution in [-0.4, -0.2) is 92.8 Å². The molecule has 1 aromatic rings. The SMILES string of the molecule is C=CCCCCCc1cn(CCOCCOCCOCCOCCOCCO)nn1. The summed E-state index contributed by atoms with van der Waals surface area (Å²) in [6, 6.07) is 0. The molecule has 0 bridgehead atoms. The van der Waals surface area contributed by atoms with Crippen LogP contribution in [0.1, 0.15) is 31.4 Å². The normalized spacial score (nSPS) is 11.2. The fourth-order valence-corrected chi connectivity index (χ4v) is 2.54. The minimum Gasteiger partial charge on any atom is -0.394 e. The second-order valence-corrected chi connectivity index (χ2v) is 6.65. The van der Waals surface area contributed by atoms with E-state index >= 15 is 0 Å². The van der Waals surface area contributed by atoms with Gasteiger partial charge in [-0.1, -0.05) is 17.7 Å². The maximum atomic E-state index is 8.55. The molecule has 0 aliphatic heterocycles. The molecule has 0 saturated heterocycles. The summed E-state index contributed by atoms with van der Waals surface area (Å²) in [6.45, 7) is 9.56. The number of aryl methyl sites for hydroxylation is 1. The van der Waals surface area contributed by atoms with Crippen molar-refractivity contribution in [3.8, 4) is 0 Å². The molecule has 0 unspecified atom stereocenters. The lowest BCUT2D eigenvalue weighted by molar-refractivity contribution is -0.0137. The molecule has 9 heteroatoms. The average Bonchev–Trinajstić information content (AvgIpc) is 3.21. The minimum atomic E-state index is 0.0357. The van der Waals surface area contributed by atoms with Crippen molar-refractivity contribution >= 4 is 0 Å². The van der Waals surface area contributed by atoms with E-state index in [-0.39, 0.29) is 6.61 Å². The van der Waals surface area contributed by atoms with Crippen LogP contribution in [0.15, 0.2) is 18.9 Å². The summed E-state index contributed by atoms with van der Waals surface area (Å²) >= 11 is 0. The van der Waals surface area contributed by atoms with Gasteiger partial charge in [-0.25, -0.2) is 4.68 Å². The molecule has 30 heavy (non-hydrogen) atoms. The summed E-state index contributed by atoms with van der Waals surface area (Å²) in [6.07, 6.45) is 9.54. The standard InChI is InChI=1S/C21H39N3O6/c1-2-3-4-5-6-7-21-20-24(23-22-21)8-10-26-12-14-28-16-18-30-19-17-29-15-13-27-11-9-25/h2,20,25H,1,3-19H2. The predicted octanol–water partition coefficient (Wildman–Crippen LogP) is 1.64. The molecular formula is C21H39N3O6. The number of unbranched alkanes of at least 4 members (excludes halogenated alkanes) is 3. The maximum Gasteiger partial charge on any atom is 0.0827 e. The Morgan fingerprint density at radius 3 is 1.93 bits per heavy atom. The zero-order valence-corrected chi connectivity index (χ0v) is 18.2. The molecule has 1 aromatic heterocycles. The third-order valence-electron chi connectivity index (χ3n) is 4.12. The first-order chi connectivity index (χ1) is 14.9. The quantitative estimate of drug-likeness (QED) is 0.207. The Morgan fingerprint density at radius 2 is 1.37 bits per heavy atom. The molecule has 0 aliphatic carbocycles. The fourth-order valence-electron chi connectivity index (χ4n) is 2.54. The highest BCUT2D eigenvalue weighted by Crippen LogP contribution is 2.05. The van der Waals surface area contributed by atoms with E-state index < -0.39 is 0 Å². The van der Waals surface area contributed by atoms with Gasteiger partial charge in [0.1, 0.15) is 0 Å². The van der Waals surface area contributed by atoms with Crippen molar-refractivity contribution in [2.75, 3.05) is 72.7 Å². The van der Waals surface area contributed by atoms with E-state index in [4.69, 9.17) is 28.8 Å². The van der Waals surface area contributed by atoms with Gasteiger partial charge in [0.15, 0.2) is 0 Å². The smallest absolute Gasteiger partial charge is 0.0827 e. The summed E-state index contributed by atoms with van der Waals surface area (Å²) in [5.41, 5.74) is 1.04. The minimum absolute atomic E-state index is 0.0357. The zero-order chi connectivity index (χ0) is 21.5. The summed E-state index contributed by atoms with van der Waals surface area (Å²) in [5, 5.41) is 16.9. The molecule has 0 atom stereocenters. The first kappa shape index (κ1) is 26.7. The lowest BCUT2D eigenvalue weighted by Gasteiger charge is -2.07. The van der Waals surface area contributed by atoms with Crippen molar-refractivity contribution in [2.24, 2.45) is 0 Å². The van der Waals surface area contributed by atoms with Crippen molar-refractivity contribution in [1.82, 2.24) is 15.0 Å². The third-order valence-corrected chi connectivity index (χ3v) is 4.12.